The van der Waals surface area contributed by atoms with Crippen LogP contribution >= 0.6 is 11.8 Å². The molecule has 2 rings (SSSR count). The number of rotatable bonds is 6. The van der Waals surface area contributed by atoms with E-state index >= 15 is 0 Å². The topological polar surface area (TPSA) is 46.2 Å². The fourth-order valence-corrected chi connectivity index (χ4v) is 4.43. The molecule has 0 saturated heterocycles. The molecule has 1 aliphatic rings. The highest BCUT2D eigenvalue weighted by Gasteiger charge is 2.39. The van der Waals surface area contributed by atoms with Crippen molar-refractivity contribution in [1.29, 1.82) is 0 Å². The third-order valence-electron chi connectivity index (χ3n) is 5.44. The molecule has 0 unspecified atom stereocenters. The Morgan fingerprint density at radius 3 is 2.33 bits per heavy atom. The lowest BCUT2D eigenvalue weighted by atomic mass is 9.69. The third-order valence-corrected chi connectivity index (χ3v) is 6.82. The molecule has 1 fully saturated rings. The van der Waals surface area contributed by atoms with Crippen LogP contribution in [0.2, 0.25) is 0 Å². The van der Waals surface area contributed by atoms with E-state index in [4.69, 9.17) is 0 Å². The van der Waals surface area contributed by atoms with Gasteiger partial charge in [-0.25, -0.2) is 0 Å². The summed E-state index contributed by atoms with van der Waals surface area (Å²) in [6.45, 7) is 10.2. The van der Waals surface area contributed by atoms with Gasteiger partial charge in [-0.2, -0.15) is 0 Å². The molecule has 1 saturated carbocycles. The quantitative estimate of drug-likeness (QED) is 0.552. The number of nitrogens with one attached hydrogen (secondary N) is 1. The predicted octanol–water partition coefficient (Wildman–Crippen LogP) is 6.68. The second-order valence-electron chi connectivity index (χ2n) is 9.36. The second-order valence-corrected chi connectivity index (χ2v) is 10.4. The molecule has 1 aliphatic carbocycles. The largest absolute Gasteiger partial charge is 0.325 e. The lowest BCUT2D eigenvalue weighted by Gasteiger charge is -2.36. The van der Waals surface area contributed by atoms with Crippen LogP contribution in [-0.2, 0) is 9.59 Å². The number of para-hydroxylation sites is 1. The Morgan fingerprint density at radius 2 is 1.74 bits per heavy atom. The number of benzene rings is 1. The van der Waals surface area contributed by atoms with Crippen LogP contribution in [0.1, 0.15) is 79.6 Å². The van der Waals surface area contributed by atoms with E-state index in [1.165, 1.54) is 18.2 Å². The van der Waals surface area contributed by atoms with Gasteiger partial charge in [0, 0.05) is 15.7 Å². The zero-order valence-corrected chi connectivity index (χ0v) is 18.4. The summed E-state index contributed by atoms with van der Waals surface area (Å²) in [5.74, 6) is 0.739. The highest BCUT2D eigenvalue weighted by atomic mass is 32.2. The maximum absolute atomic E-state index is 13.3. The van der Waals surface area contributed by atoms with Crippen molar-refractivity contribution in [3.63, 3.8) is 0 Å². The van der Waals surface area contributed by atoms with E-state index in [1.54, 1.807) is 0 Å². The average molecular weight is 390 g/mol. The normalized spacial score (nSPS) is 17.0. The molecular formula is C23H35NO2S. The van der Waals surface area contributed by atoms with Crippen molar-refractivity contribution in [3.05, 3.63) is 24.3 Å². The van der Waals surface area contributed by atoms with Crippen LogP contribution in [0.3, 0.4) is 0 Å². The van der Waals surface area contributed by atoms with Crippen LogP contribution in [-0.4, -0.2) is 11.0 Å². The molecule has 1 aromatic carbocycles. The smallest absolute Gasteiger partial charge is 0.230 e. The van der Waals surface area contributed by atoms with Crippen LogP contribution in [0.15, 0.2) is 29.2 Å². The molecule has 0 radical (unpaired) electrons. The van der Waals surface area contributed by atoms with E-state index in [0.29, 0.717) is 5.92 Å². The van der Waals surface area contributed by atoms with Gasteiger partial charge in [0.25, 0.3) is 0 Å². The van der Waals surface area contributed by atoms with Gasteiger partial charge in [0.05, 0.1) is 5.69 Å². The van der Waals surface area contributed by atoms with Gasteiger partial charge in [-0.05, 0) is 55.5 Å². The number of amides is 1. The maximum Gasteiger partial charge on any atom is 0.230 e. The minimum Gasteiger partial charge on any atom is -0.325 e. The molecule has 0 atom stereocenters. The number of carbonyl (C=O) groups is 2. The van der Waals surface area contributed by atoms with E-state index in [2.05, 4.69) is 19.2 Å². The van der Waals surface area contributed by atoms with Gasteiger partial charge in [-0.15, -0.1) is 0 Å². The number of anilines is 1. The SMILES string of the molecule is CC(C)CCC1(C(=O)Nc2ccccc2SC(=O)C(C)(C)C)CCCCC1. The van der Waals surface area contributed by atoms with Gasteiger partial charge in [-0.1, -0.05) is 66.0 Å². The van der Waals surface area contributed by atoms with Gasteiger partial charge in [-0.3, -0.25) is 9.59 Å². The first kappa shape index (κ1) is 22.0. The number of thioether (sulfide) groups is 1. The molecule has 0 heterocycles. The molecule has 0 spiro atoms. The van der Waals surface area contributed by atoms with E-state index in [0.717, 1.165) is 49.1 Å². The van der Waals surface area contributed by atoms with Crippen molar-refractivity contribution in [2.24, 2.45) is 16.7 Å². The molecule has 3 nitrogen and oxygen atoms in total. The van der Waals surface area contributed by atoms with Crippen LogP contribution in [0.4, 0.5) is 5.69 Å². The summed E-state index contributed by atoms with van der Waals surface area (Å²) in [7, 11) is 0. The van der Waals surface area contributed by atoms with Crippen molar-refractivity contribution in [2.45, 2.75) is 84.5 Å². The van der Waals surface area contributed by atoms with Gasteiger partial charge in [0.2, 0.25) is 5.91 Å². The molecule has 0 aromatic heterocycles. The molecule has 1 N–H and O–H groups in total. The second kappa shape index (κ2) is 9.27. The fourth-order valence-electron chi connectivity index (χ4n) is 3.55. The number of hydrogen-bond acceptors (Lipinski definition) is 3. The zero-order chi connectivity index (χ0) is 20.1. The zero-order valence-electron chi connectivity index (χ0n) is 17.6. The van der Waals surface area contributed by atoms with Gasteiger partial charge < -0.3 is 5.32 Å². The van der Waals surface area contributed by atoms with Crippen molar-refractivity contribution in [2.75, 3.05) is 5.32 Å². The summed E-state index contributed by atoms with van der Waals surface area (Å²) in [6, 6.07) is 7.67. The van der Waals surface area contributed by atoms with Crippen molar-refractivity contribution in [3.8, 4) is 0 Å². The fraction of sp³-hybridized carbons (Fsp3) is 0.652. The highest BCUT2D eigenvalue weighted by molar-refractivity contribution is 8.13. The first-order valence-corrected chi connectivity index (χ1v) is 11.1. The number of hydrogen-bond donors (Lipinski definition) is 1. The Bertz CT molecular complexity index is 655. The van der Waals surface area contributed by atoms with Crippen LogP contribution < -0.4 is 5.32 Å². The summed E-state index contributed by atoms with van der Waals surface area (Å²) in [4.78, 5) is 26.6. The average Bonchev–Trinajstić information content (AvgIpc) is 2.61. The minimum atomic E-state index is -0.413. The summed E-state index contributed by atoms with van der Waals surface area (Å²) in [6.07, 6.45) is 7.46. The van der Waals surface area contributed by atoms with E-state index in [1.807, 2.05) is 45.0 Å². The van der Waals surface area contributed by atoms with E-state index < -0.39 is 5.41 Å². The minimum absolute atomic E-state index is 0.108. The van der Waals surface area contributed by atoms with Crippen molar-refractivity contribution >= 4 is 28.5 Å². The van der Waals surface area contributed by atoms with Crippen LogP contribution in [0.5, 0.6) is 0 Å². The molecule has 27 heavy (non-hydrogen) atoms. The Morgan fingerprint density at radius 1 is 1.11 bits per heavy atom. The van der Waals surface area contributed by atoms with Crippen LogP contribution in [0.25, 0.3) is 0 Å². The molecule has 150 valence electrons. The third kappa shape index (κ3) is 6.10. The molecule has 0 bridgehead atoms. The maximum atomic E-state index is 13.3. The summed E-state index contributed by atoms with van der Waals surface area (Å²) < 4.78 is 0. The molecule has 1 aromatic rings. The van der Waals surface area contributed by atoms with E-state index in [9.17, 15) is 9.59 Å². The lowest BCUT2D eigenvalue weighted by molar-refractivity contribution is -0.128. The molecule has 0 aliphatic heterocycles. The van der Waals surface area contributed by atoms with E-state index in [-0.39, 0.29) is 16.4 Å². The Kier molecular flexibility index (Phi) is 7.55. The van der Waals surface area contributed by atoms with Crippen molar-refractivity contribution < 1.29 is 9.59 Å². The Balaban J connectivity index is 2.19. The van der Waals surface area contributed by atoms with Gasteiger partial charge in [0.1, 0.15) is 0 Å². The molecular weight excluding hydrogens is 354 g/mol. The van der Waals surface area contributed by atoms with Gasteiger partial charge >= 0.3 is 0 Å². The Hall–Kier alpha value is -1.29. The first-order chi connectivity index (χ1) is 12.6. The van der Waals surface area contributed by atoms with Crippen LogP contribution in [0, 0.1) is 16.7 Å². The molecule has 4 heteroatoms. The molecule has 1 amide bonds. The van der Waals surface area contributed by atoms with Crippen molar-refractivity contribution in [1.82, 2.24) is 0 Å². The highest BCUT2D eigenvalue weighted by Crippen LogP contribution is 2.43. The van der Waals surface area contributed by atoms with Gasteiger partial charge in [0.15, 0.2) is 5.12 Å². The summed E-state index contributed by atoms with van der Waals surface area (Å²) in [5, 5.41) is 3.30. The lowest BCUT2D eigenvalue weighted by Crippen LogP contribution is -2.38. The Labute approximate surface area is 169 Å². The number of carbonyl (C=O) groups excluding carboxylic acids is 2. The standard InChI is InChI=1S/C23H35NO2S/c1-17(2)13-16-23(14-9-6-10-15-23)20(25)24-18-11-7-8-12-19(18)27-21(26)22(3,4)5/h7-8,11-12,17H,6,9-10,13-16H2,1-5H3,(H,24,25). The first-order valence-electron chi connectivity index (χ1n) is 10.3. The summed E-state index contributed by atoms with van der Waals surface area (Å²) in [5.41, 5.74) is 0.0948. The predicted molar refractivity (Wildman–Crippen MR) is 115 cm³/mol. The monoisotopic (exact) mass is 389 g/mol. The summed E-state index contributed by atoms with van der Waals surface area (Å²) >= 11 is 1.23.